The first-order chi connectivity index (χ1) is 10.5. The summed E-state index contributed by atoms with van der Waals surface area (Å²) in [5.41, 5.74) is 3.35. The molecule has 0 heterocycles. The third-order valence-electron chi connectivity index (χ3n) is 3.48. The number of carbonyl (C=O) groups excluding carboxylic acids is 1. The Bertz CT molecular complexity index is 682. The van der Waals surface area contributed by atoms with Gasteiger partial charge in [0.25, 0.3) is 5.91 Å². The van der Waals surface area contributed by atoms with Gasteiger partial charge in [-0.3, -0.25) is 4.79 Å². The number of nitrogens with zero attached hydrogens (tertiary/aromatic N) is 3. The van der Waals surface area contributed by atoms with E-state index in [0.29, 0.717) is 17.7 Å². The fourth-order valence-electron chi connectivity index (χ4n) is 2.15. The first-order valence-electron chi connectivity index (χ1n) is 7.03. The van der Waals surface area contributed by atoms with E-state index in [1.807, 2.05) is 49.3 Å². The van der Waals surface area contributed by atoms with E-state index in [1.54, 1.807) is 36.2 Å². The van der Waals surface area contributed by atoms with Gasteiger partial charge in [0, 0.05) is 38.9 Å². The second kappa shape index (κ2) is 6.77. The number of hydrogen-bond acceptors (Lipinski definition) is 3. The van der Waals surface area contributed by atoms with Crippen molar-refractivity contribution in [1.29, 1.82) is 5.26 Å². The highest BCUT2D eigenvalue weighted by molar-refractivity contribution is 5.94. The zero-order valence-electron chi connectivity index (χ0n) is 13.1. The van der Waals surface area contributed by atoms with Gasteiger partial charge in [-0.1, -0.05) is 12.1 Å². The quantitative estimate of drug-likeness (QED) is 0.871. The lowest BCUT2D eigenvalue weighted by atomic mass is 10.1. The highest BCUT2D eigenvalue weighted by Gasteiger charge is 2.12. The van der Waals surface area contributed by atoms with Crippen molar-refractivity contribution >= 4 is 11.6 Å². The molecule has 0 spiro atoms. The summed E-state index contributed by atoms with van der Waals surface area (Å²) in [4.78, 5) is 16.1. The van der Waals surface area contributed by atoms with E-state index in [9.17, 15) is 4.79 Å². The summed E-state index contributed by atoms with van der Waals surface area (Å²) in [6.07, 6.45) is 0. The first kappa shape index (κ1) is 15.6. The Morgan fingerprint density at radius 2 is 1.59 bits per heavy atom. The van der Waals surface area contributed by atoms with Crippen molar-refractivity contribution in [2.75, 3.05) is 26.0 Å². The van der Waals surface area contributed by atoms with E-state index in [4.69, 9.17) is 5.26 Å². The van der Waals surface area contributed by atoms with Crippen molar-refractivity contribution in [1.82, 2.24) is 4.90 Å². The number of benzene rings is 2. The Morgan fingerprint density at radius 1 is 1.00 bits per heavy atom. The normalized spacial score (nSPS) is 9.91. The van der Waals surface area contributed by atoms with Crippen molar-refractivity contribution in [3.63, 3.8) is 0 Å². The van der Waals surface area contributed by atoms with Crippen LogP contribution in [0.15, 0.2) is 48.5 Å². The number of amides is 1. The lowest BCUT2D eigenvalue weighted by molar-refractivity contribution is 0.0785. The van der Waals surface area contributed by atoms with Crippen molar-refractivity contribution in [2.45, 2.75) is 6.54 Å². The summed E-state index contributed by atoms with van der Waals surface area (Å²) in [7, 11) is 5.77. The molecule has 0 saturated carbocycles. The molecule has 0 aliphatic carbocycles. The van der Waals surface area contributed by atoms with Crippen molar-refractivity contribution in [2.24, 2.45) is 0 Å². The lowest BCUT2D eigenvalue weighted by Crippen LogP contribution is -2.26. The molecule has 0 N–H and O–H groups in total. The summed E-state index contributed by atoms with van der Waals surface area (Å²) in [5, 5.41) is 8.78. The molecule has 0 fully saturated rings. The Balaban J connectivity index is 2.05. The van der Waals surface area contributed by atoms with E-state index in [1.165, 1.54) is 0 Å². The number of anilines is 1. The Labute approximate surface area is 131 Å². The molecule has 0 aromatic heterocycles. The van der Waals surface area contributed by atoms with E-state index >= 15 is 0 Å². The molecule has 0 bridgehead atoms. The van der Waals surface area contributed by atoms with Crippen LogP contribution in [0.25, 0.3) is 0 Å². The van der Waals surface area contributed by atoms with Crippen LogP contribution in [0.1, 0.15) is 21.5 Å². The maximum absolute atomic E-state index is 12.4. The van der Waals surface area contributed by atoms with Gasteiger partial charge in [0.1, 0.15) is 0 Å². The largest absolute Gasteiger partial charge is 0.378 e. The summed E-state index contributed by atoms with van der Waals surface area (Å²) in [5.74, 6) is -0.0545. The topological polar surface area (TPSA) is 47.3 Å². The molecule has 4 nitrogen and oxygen atoms in total. The summed E-state index contributed by atoms with van der Waals surface area (Å²) in [6, 6.07) is 16.9. The predicted molar refractivity (Wildman–Crippen MR) is 87.7 cm³/mol. The average Bonchev–Trinajstić information content (AvgIpc) is 2.54. The van der Waals surface area contributed by atoms with Crippen LogP contribution in [0.4, 0.5) is 5.69 Å². The third kappa shape index (κ3) is 3.64. The molecule has 0 radical (unpaired) electrons. The summed E-state index contributed by atoms with van der Waals surface area (Å²) in [6.45, 7) is 0.548. The minimum absolute atomic E-state index is 0.0545. The minimum Gasteiger partial charge on any atom is -0.378 e. The molecule has 0 unspecified atom stereocenters. The van der Waals surface area contributed by atoms with Crippen LogP contribution in [-0.4, -0.2) is 32.0 Å². The molecular weight excluding hydrogens is 274 g/mol. The molecule has 4 heteroatoms. The van der Waals surface area contributed by atoms with Crippen LogP contribution in [0.2, 0.25) is 0 Å². The molecule has 2 aromatic carbocycles. The molecule has 2 aromatic rings. The molecule has 1 amide bonds. The maximum atomic E-state index is 12.4. The monoisotopic (exact) mass is 293 g/mol. The first-order valence-corrected chi connectivity index (χ1v) is 7.03. The van der Waals surface area contributed by atoms with Crippen LogP contribution < -0.4 is 4.90 Å². The van der Waals surface area contributed by atoms with Crippen LogP contribution in [-0.2, 0) is 6.54 Å². The number of hydrogen-bond donors (Lipinski definition) is 0. The molecule has 0 aliphatic heterocycles. The van der Waals surface area contributed by atoms with Crippen LogP contribution in [0, 0.1) is 11.3 Å². The van der Waals surface area contributed by atoms with Crippen LogP contribution in [0.3, 0.4) is 0 Å². The predicted octanol–water partition coefficient (Wildman–Crippen LogP) is 2.90. The maximum Gasteiger partial charge on any atom is 0.253 e. The number of carbonyl (C=O) groups is 1. The van der Waals surface area contributed by atoms with Gasteiger partial charge in [0.05, 0.1) is 11.6 Å². The van der Waals surface area contributed by atoms with Crippen molar-refractivity contribution < 1.29 is 4.79 Å². The van der Waals surface area contributed by atoms with Gasteiger partial charge in [-0.15, -0.1) is 0 Å². The second-order valence-electron chi connectivity index (χ2n) is 5.41. The van der Waals surface area contributed by atoms with Crippen LogP contribution >= 0.6 is 0 Å². The Kier molecular flexibility index (Phi) is 4.80. The highest BCUT2D eigenvalue weighted by atomic mass is 16.2. The fourth-order valence-corrected chi connectivity index (χ4v) is 2.15. The fraction of sp³-hybridized carbons (Fsp3) is 0.222. The van der Waals surface area contributed by atoms with Gasteiger partial charge >= 0.3 is 0 Å². The van der Waals surface area contributed by atoms with E-state index in [-0.39, 0.29) is 5.91 Å². The van der Waals surface area contributed by atoms with Gasteiger partial charge in [0.2, 0.25) is 0 Å². The molecule has 0 atom stereocenters. The lowest BCUT2D eigenvalue weighted by Gasteiger charge is -2.18. The van der Waals surface area contributed by atoms with Crippen LogP contribution in [0.5, 0.6) is 0 Å². The molecule has 22 heavy (non-hydrogen) atoms. The number of nitriles is 1. The highest BCUT2D eigenvalue weighted by Crippen LogP contribution is 2.14. The van der Waals surface area contributed by atoms with E-state index in [2.05, 4.69) is 0 Å². The minimum atomic E-state index is -0.0545. The van der Waals surface area contributed by atoms with Gasteiger partial charge < -0.3 is 9.80 Å². The summed E-state index contributed by atoms with van der Waals surface area (Å²) < 4.78 is 0. The Morgan fingerprint density at radius 3 is 2.09 bits per heavy atom. The molecule has 0 saturated heterocycles. The van der Waals surface area contributed by atoms with E-state index < -0.39 is 0 Å². The molecule has 2 rings (SSSR count). The zero-order chi connectivity index (χ0) is 16.1. The summed E-state index contributed by atoms with van der Waals surface area (Å²) >= 11 is 0. The Hall–Kier alpha value is -2.80. The average molecular weight is 293 g/mol. The molecule has 112 valence electrons. The SMILES string of the molecule is CN(Cc1ccc(N(C)C)cc1)C(=O)c1ccc(C#N)cc1. The molecule has 0 aliphatic rings. The second-order valence-corrected chi connectivity index (χ2v) is 5.41. The van der Waals surface area contributed by atoms with Gasteiger partial charge in [-0.05, 0) is 42.0 Å². The van der Waals surface area contributed by atoms with Crippen molar-refractivity contribution in [3.8, 4) is 6.07 Å². The van der Waals surface area contributed by atoms with Crippen molar-refractivity contribution in [3.05, 3.63) is 65.2 Å². The van der Waals surface area contributed by atoms with Gasteiger partial charge in [-0.2, -0.15) is 5.26 Å². The van der Waals surface area contributed by atoms with Gasteiger partial charge in [0.15, 0.2) is 0 Å². The molecular formula is C18H19N3O. The zero-order valence-corrected chi connectivity index (χ0v) is 13.1. The standard InChI is InChI=1S/C18H19N3O/c1-20(2)17-10-6-15(7-11-17)13-21(3)18(22)16-8-4-14(12-19)5-9-16/h4-11H,13H2,1-3H3. The third-order valence-corrected chi connectivity index (χ3v) is 3.48. The van der Waals surface area contributed by atoms with E-state index in [0.717, 1.165) is 11.3 Å². The smallest absolute Gasteiger partial charge is 0.253 e. The van der Waals surface area contributed by atoms with Gasteiger partial charge in [-0.25, -0.2) is 0 Å². The number of rotatable bonds is 4.